The molecule has 0 atom stereocenters. The first kappa shape index (κ1) is 15.6. The van der Waals surface area contributed by atoms with Gasteiger partial charge in [0.15, 0.2) is 6.61 Å². The van der Waals surface area contributed by atoms with Crippen molar-refractivity contribution in [2.75, 3.05) is 11.9 Å². The molecule has 0 radical (unpaired) electrons. The van der Waals surface area contributed by atoms with Gasteiger partial charge >= 0.3 is 0 Å². The highest BCUT2D eigenvalue weighted by Gasteiger charge is 2.09. The Morgan fingerprint density at radius 2 is 1.81 bits per heavy atom. The molecule has 0 saturated carbocycles. The predicted molar refractivity (Wildman–Crippen MR) is 88.9 cm³/mol. The summed E-state index contributed by atoms with van der Waals surface area (Å²) in [5, 5.41) is 2.83. The van der Waals surface area contributed by atoms with Crippen LogP contribution in [-0.4, -0.2) is 12.5 Å². The molecule has 0 fully saturated rings. The van der Waals surface area contributed by atoms with Crippen LogP contribution in [0.25, 0.3) is 0 Å². The van der Waals surface area contributed by atoms with E-state index in [2.05, 4.69) is 21.2 Å². The summed E-state index contributed by atoms with van der Waals surface area (Å²) in [7, 11) is 0. The van der Waals surface area contributed by atoms with Gasteiger partial charge in [-0.05, 0) is 61.7 Å². The Labute approximate surface area is 133 Å². The van der Waals surface area contributed by atoms with E-state index in [9.17, 15) is 4.79 Å². The fraction of sp³-hybridized carbons (Fsp3) is 0.235. The van der Waals surface area contributed by atoms with E-state index in [0.29, 0.717) is 0 Å². The molecule has 0 aliphatic heterocycles. The number of hydrogen-bond acceptors (Lipinski definition) is 2. The summed E-state index contributed by atoms with van der Waals surface area (Å²) >= 11 is 3.44. The molecule has 0 aliphatic rings. The van der Waals surface area contributed by atoms with E-state index in [1.165, 1.54) is 0 Å². The zero-order valence-electron chi connectivity index (χ0n) is 12.4. The largest absolute Gasteiger partial charge is 0.483 e. The lowest BCUT2D eigenvalue weighted by Crippen LogP contribution is -2.20. The summed E-state index contributed by atoms with van der Waals surface area (Å²) in [6, 6.07) is 11.6. The van der Waals surface area contributed by atoms with E-state index >= 15 is 0 Å². The summed E-state index contributed by atoms with van der Waals surface area (Å²) < 4.78 is 6.66. The predicted octanol–water partition coefficient (Wildman–Crippen LogP) is 4.39. The fourth-order valence-electron chi connectivity index (χ4n) is 2.18. The van der Waals surface area contributed by atoms with Gasteiger partial charge in [0.05, 0.1) is 0 Å². The van der Waals surface area contributed by atoms with Crippen molar-refractivity contribution < 1.29 is 9.53 Å². The lowest BCUT2D eigenvalue weighted by atomic mass is 10.1. The van der Waals surface area contributed by atoms with Crippen LogP contribution >= 0.6 is 15.9 Å². The Bertz CT molecular complexity index is 645. The molecular formula is C17H18BrNO2. The third-order valence-corrected chi connectivity index (χ3v) is 3.53. The van der Waals surface area contributed by atoms with Gasteiger partial charge in [0.25, 0.3) is 5.91 Å². The Morgan fingerprint density at radius 3 is 2.43 bits per heavy atom. The quantitative estimate of drug-likeness (QED) is 0.890. The van der Waals surface area contributed by atoms with E-state index in [4.69, 9.17) is 4.74 Å². The molecular weight excluding hydrogens is 330 g/mol. The number of carbonyl (C=O) groups excluding carboxylic acids is 1. The number of anilines is 1. The van der Waals surface area contributed by atoms with Gasteiger partial charge in [0, 0.05) is 10.2 Å². The average Bonchev–Trinajstić information content (AvgIpc) is 2.37. The third kappa shape index (κ3) is 4.33. The molecule has 0 spiro atoms. The van der Waals surface area contributed by atoms with Gasteiger partial charge in [-0.25, -0.2) is 0 Å². The maximum atomic E-state index is 11.9. The fourth-order valence-corrected chi connectivity index (χ4v) is 2.87. The van der Waals surface area contributed by atoms with Crippen LogP contribution in [0.4, 0.5) is 5.69 Å². The SMILES string of the molecule is Cc1cccc(NC(=O)COc2c(C)cc(Br)cc2C)c1. The molecule has 2 aromatic rings. The standard InChI is InChI=1S/C17H18BrNO2/c1-11-5-4-6-15(7-11)19-16(20)10-21-17-12(2)8-14(18)9-13(17)3/h4-9H,10H2,1-3H3,(H,19,20). The van der Waals surface area contributed by atoms with Gasteiger partial charge in [-0.15, -0.1) is 0 Å². The second-order valence-corrected chi connectivity index (χ2v) is 5.99. The summed E-state index contributed by atoms with van der Waals surface area (Å²) in [6.07, 6.45) is 0. The Morgan fingerprint density at radius 1 is 1.14 bits per heavy atom. The minimum absolute atomic E-state index is 0.00272. The lowest BCUT2D eigenvalue weighted by Gasteiger charge is -2.13. The third-order valence-electron chi connectivity index (χ3n) is 3.07. The van der Waals surface area contributed by atoms with Crippen molar-refractivity contribution in [1.82, 2.24) is 0 Å². The zero-order chi connectivity index (χ0) is 15.4. The van der Waals surface area contributed by atoms with Crippen molar-refractivity contribution in [2.24, 2.45) is 0 Å². The molecule has 4 heteroatoms. The van der Waals surface area contributed by atoms with Crippen molar-refractivity contribution in [3.05, 3.63) is 57.6 Å². The van der Waals surface area contributed by atoms with Crippen LogP contribution in [0.15, 0.2) is 40.9 Å². The second-order valence-electron chi connectivity index (χ2n) is 5.08. The molecule has 0 aromatic heterocycles. The van der Waals surface area contributed by atoms with E-state index in [1.807, 2.05) is 57.2 Å². The van der Waals surface area contributed by atoms with Crippen LogP contribution in [0.3, 0.4) is 0 Å². The van der Waals surface area contributed by atoms with Crippen molar-refractivity contribution in [3.8, 4) is 5.75 Å². The van der Waals surface area contributed by atoms with E-state index in [1.54, 1.807) is 0 Å². The Kier molecular flexibility index (Phi) is 5.02. The highest BCUT2D eigenvalue weighted by molar-refractivity contribution is 9.10. The molecule has 21 heavy (non-hydrogen) atoms. The summed E-state index contributed by atoms with van der Waals surface area (Å²) in [5.74, 6) is 0.597. The number of hydrogen-bond donors (Lipinski definition) is 1. The van der Waals surface area contributed by atoms with Crippen LogP contribution in [-0.2, 0) is 4.79 Å². The van der Waals surface area contributed by atoms with Crippen molar-refractivity contribution in [2.45, 2.75) is 20.8 Å². The van der Waals surface area contributed by atoms with Crippen LogP contribution in [0, 0.1) is 20.8 Å². The number of nitrogens with one attached hydrogen (secondary N) is 1. The first-order chi connectivity index (χ1) is 9.95. The first-order valence-electron chi connectivity index (χ1n) is 6.72. The molecule has 0 aliphatic carbocycles. The maximum absolute atomic E-state index is 11.9. The topological polar surface area (TPSA) is 38.3 Å². The van der Waals surface area contributed by atoms with E-state index in [-0.39, 0.29) is 12.5 Å². The number of aryl methyl sites for hydroxylation is 3. The second kappa shape index (κ2) is 6.76. The van der Waals surface area contributed by atoms with E-state index in [0.717, 1.165) is 32.6 Å². The number of carbonyl (C=O) groups is 1. The van der Waals surface area contributed by atoms with Crippen LogP contribution in [0.5, 0.6) is 5.75 Å². The Balaban J connectivity index is 1.99. The lowest BCUT2D eigenvalue weighted by molar-refractivity contribution is -0.118. The van der Waals surface area contributed by atoms with Gasteiger partial charge in [0.1, 0.15) is 5.75 Å². The molecule has 3 nitrogen and oxygen atoms in total. The minimum atomic E-state index is -0.165. The molecule has 1 amide bonds. The number of benzene rings is 2. The van der Waals surface area contributed by atoms with E-state index < -0.39 is 0 Å². The molecule has 0 heterocycles. The molecule has 2 aromatic carbocycles. The van der Waals surface area contributed by atoms with Crippen molar-refractivity contribution >= 4 is 27.5 Å². The molecule has 0 unspecified atom stereocenters. The van der Waals surface area contributed by atoms with Gasteiger partial charge in [-0.3, -0.25) is 4.79 Å². The molecule has 0 saturated heterocycles. The minimum Gasteiger partial charge on any atom is -0.483 e. The first-order valence-corrected chi connectivity index (χ1v) is 7.51. The van der Waals surface area contributed by atoms with Crippen LogP contribution in [0.1, 0.15) is 16.7 Å². The zero-order valence-corrected chi connectivity index (χ0v) is 14.0. The van der Waals surface area contributed by atoms with Gasteiger partial charge in [-0.1, -0.05) is 28.1 Å². The highest BCUT2D eigenvalue weighted by Crippen LogP contribution is 2.27. The normalized spacial score (nSPS) is 10.3. The van der Waals surface area contributed by atoms with Crippen LogP contribution in [0.2, 0.25) is 0 Å². The average molecular weight is 348 g/mol. The Hall–Kier alpha value is -1.81. The maximum Gasteiger partial charge on any atom is 0.262 e. The van der Waals surface area contributed by atoms with Crippen molar-refractivity contribution in [3.63, 3.8) is 0 Å². The molecule has 1 N–H and O–H groups in total. The van der Waals surface area contributed by atoms with Gasteiger partial charge < -0.3 is 10.1 Å². The summed E-state index contributed by atoms with van der Waals surface area (Å²) in [6.45, 7) is 5.91. The monoisotopic (exact) mass is 347 g/mol. The number of amides is 1. The van der Waals surface area contributed by atoms with Gasteiger partial charge in [-0.2, -0.15) is 0 Å². The number of rotatable bonds is 4. The van der Waals surface area contributed by atoms with Gasteiger partial charge in [0.2, 0.25) is 0 Å². The highest BCUT2D eigenvalue weighted by atomic mass is 79.9. The smallest absolute Gasteiger partial charge is 0.262 e. The molecule has 110 valence electrons. The molecule has 0 bridgehead atoms. The summed E-state index contributed by atoms with van der Waals surface area (Å²) in [4.78, 5) is 11.9. The van der Waals surface area contributed by atoms with Crippen molar-refractivity contribution in [1.29, 1.82) is 0 Å². The number of halogens is 1. The molecule has 2 rings (SSSR count). The summed E-state index contributed by atoms with van der Waals surface area (Å²) in [5.41, 5.74) is 3.90. The van der Waals surface area contributed by atoms with Crippen LogP contribution < -0.4 is 10.1 Å². The number of ether oxygens (including phenoxy) is 1.